The SMILES string of the molecule is Cl.O=S(=O)(NCC1NCCc2ccccc21)c1cccc(F)c1F. The molecule has 0 amide bonds. The number of sulfonamides is 1. The van der Waals surface area contributed by atoms with E-state index in [1.54, 1.807) is 0 Å². The molecule has 0 radical (unpaired) electrons. The molecule has 130 valence electrons. The highest BCUT2D eigenvalue weighted by atomic mass is 35.5. The summed E-state index contributed by atoms with van der Waals surface area (Å²) in [5, 5.41) is 3.23. The molecule has 4 nitrogen and oxygen atoms in total. The number of hydrogen-bond donors (Lipinski definition) is 2. The average Bonchev–Trinajstić information content (AvgIpc) is 2.55. The largest absolute Gasteiger partial charge is 0.308 e. The van der Waals surface area contributed by atoms with Crippen LogP contribution in [0.15, 0.2) is 47.4 Å². The van der Waals surface area contributed by atoms with Gasteiger partial charge in [0, 0.05) is 12.6 Å². The predicted octanol–water partition coefficient (Wildman–Crippen LogP) is 2.55. The van der Waals surface area contributed by atoms with Crippen LogP contribution in [0.2, 0.25) is 0 Å². The number of rotatable bonds is 4. The lowest BCUT2D eigenvalue weighted by atomic mass is 9.95. The van der Waals surface area contributed by atoms with E-state index in [1.807, 2.05) is 24.3 Å². The standard InChI is InChI=1S/C16H16F2N2O2S.ClH/c17-13-6-3-7-15(16(13)18)23(21,22)20-10-14-12-5-2-1-4-11(12)8-9-19-14;/h1-7,14,19-20H,8-10H2;1H. The normalized spacial score (nSPS) is 17.0. The summed E-state index contributed by atoms with van der Waals surface area (Å²) in [6.07, 6.45) is 0.873. The van der Waals surface area contributed by atoms with Crippen molar-refractivity contribution in [2.45, 2.75) is 17.4 Å². The smallest absolute Gasteiger partial charge is 0.243 e. The molecule has 1 heterocycles. The van der Waals surface area contributed by atoms with Crippen LogP contribution >= 0.6 is 12.4 Å². The molecular weight excluding hydrogens is 358 g/mol. The van der Waals surface area contributed by atoms with Gasteiger partial charge in [-0.2, -0.15) is 0 Å². The van der Waals surface area contributed by atoms with E-state index in [0.717, 1.165) is 36.2 Å². The molecule has 3 rings (SSSR count). The second-order valence-corrected chi connectivity index (χ2v) is 7.09. The molecule has 24 heavy (non-hydrogen) atoms. The van der Waals surface area contributed by atoms with E-state index in [4.69, 9.17) is 0 Å². The van der Waals surface area contributed by atoms with Gasteiger partial charge in [-0.1, -0.05) is 30.3 Å². The molecule has 0 saturated carbocycles. The lowest BCUT2D eigenvalue weighted by Crippen LogP contribution is -2.39. The van der Waals surface area contributed by atoms with Crippen molar-refractivity contribution in [1.82, 2.24) is 10.0 Å². The molecule has 0 aromatic heterocycles. The van der Waals surface area contributed by atoms with Gasteiger partial charge in [0.05, 0.1) is 0 Å². The number of fused-ring (bicyclic) bond motifs is 1. The van der Waals surface area contributed by atoms with Crippen molar-refractivity contribution in [2.24, 2.45) is 0 Å². The maximum Gasteiger partial charge on any atom is 0.243 e. The fraction of sp³-hybridized carbons (Fsp3) is 0.250. The highest BCUT2D eigenvalue weighted by Gasteiger charge is 2.25. The molecule has 2 aromatic rings. The van der Waals surface area contributed by atoms with Crippen LogP contribution in [0.25, 0.3) is 0 Å². The summed E-state index contributed by atoms with van der Waals surface area (Å²) in [6.45, 7) is 0.799. The van der Waals surface area contributed by atoms with Gasteiger partial charge < -0.3 is 5.32 Å². The van der Waals surface area contributed by atoms with Gasteiger partial charge in [0.15, 0.2) is 11.6 Å². The van der Waals surface area contributed by atoms with Crippen LogP contribution in [0.4, 0.5) is 8.78 Å². The minimum Gasteiger partial charge on any atom is -0.308 e. The van der Waals surface area contributed by atoms with Gasteiger partial charge >= 0.3 is 0 Å². The first-order valence-electron chi connectivity index (χ1n) is 7.24. The highest BCUT2D eigenvalue weighted by Crippen LogP contribution is 2.23. The van der Waals surface area contributed by atoms with Crippen molar-refractivity contribution in [3.05, 3.63) is 65.2 Å². The molecule has 1 aliphatic rings. The van der Waals surface area contributed by atoms with Crippen LogP contribution in [0, 0.1) is 11.6 Å². The summed E-state index contributed by atoms with van der Waals surface area (Å²) >= 11 is 0. The molecule has 0 aliphatic carbocycles. The second kappa shape index (κ2) is 7.57. The van der Waals surface area contributed by atoms with Gasteiger partial charge in [-0.3, -0.25) is 0 Å². The van der Waals surface area contributed by atoms with Crippen molar-refractivity contribution in [1.29, 1.82) is 0 Å². The van der Waals surface area contributed by atoms with Crippen molar-refractivity contribution in [2.75, 3.05) is 13.1 Å². The minimum atomic E-state index is -4.12. The summed E-state index contributed by atoms with van der Waals surface area (Å²) in [5.41, 5.74) is 2.17. The zero-order valence-corrected chi connectivity index (χ0v) is 14.3. The van der Waals surface area contributed by atoms with E-state index in [2.05, 4.69) is 10.0 Å². The summed E-state index contributed by atoms with van der Waals surface area (Å²) in [5.74, 6) is -2.55. The molecule has 1 unspecified atom stereocenters. The van der Waals surface area contributed by atoms with E-state index in [1.165, 1.54) is 6.07 Å². The third-order valence-electron chi connectivity index (χ3n) is 3.90. The molecule has 2 aromatic carbocycles. The van der Waals surface area contributed by atoms with Crippen LogP contribution < -0.4 is 10.0 Å². The van der Waals surface area contributed by atoms with Gasteiger partial charge in [0.25, 0.3) is 0 Å². The quantitative estimate of drug-likeness (QED) is 0.864. The molecule has 0 fully saturated rings. The van der Waals surface area contributed by atoms with Crippen LogP contribution in [0.3, 0.4) is 0 Å². The van der Waals surface area contributed by atoms with Gasteiger partial charge in [0.1, 0.15) is 4.90 Å². The van der Waals surface area contributed by atoms with Crippen molar-refractivity contribution in [3.8, 4) is 0 Å². The van der Waals surface area contributed by atoms with Crippen molar-refractivity contribution < 1.29 is 17.2 Å². The highest BCUT2D eigenvalue weighted by molar-refractivity contribution is 7.89. The van der Waals surface area contributed by atoms with Crippen LogP contribution in [-0.4, -0.2) is 21.5 Å². The Hall–Kier alpha value is -1.54. The summed E-state index contributed by atoms with van der Waals surface area (Å²) < 4.78 is 53.7. The Labute approximate surface area is 145 Å². The van der Waals surface area contributed by atoms with E-state index in [-0.39, 0.29) is 25.0 Å². The van der Waals surface area contributed by atoms with Gasteiger partial charge in [-0.15, -0.1) is 12.4 Å². The Morgan fingerprint density at radius 3 is 2.67 bits per heavy atom. The average molecular weight is 375 g/mol. The summed E-state index contributed by atoms with van der Waals surface area (Å²) in [4.78, 5) is -0.679. The van der Waals surface area contributed by atoms with Crippen molar-refractivity contribution >= 4 is 22.4 Å². The fourth-order valence-corrected chi connectivity index (χ4v) is 3.87. The summed E-state index contributed by atoms with van der Waals surface area (Å²) in [6, 6.07) is 10.7. The molecule has 8 heteroatoms. The van der Waals surface area contributed by atoms with Gasteiger partial charge in [-0.05, 0) is 36.2 Å². The Balaban J connectivity index is 0.00000208. The molecule has 0 bridgehead atoms. The van der Waals surface area contributed by atoms with Crippen molar-refractivity contribution in [3.63, 3.8) is 0 Å². The Kier molecular flexibility index (Phi) is 5.92. The number of hydrogen-bond acceptors (Lipinski definition) is 3. The predicted molar refractivity (Wildman–Crippen MR) is 89.7 cm³/mol. The lowest BCUT2D eigenvalue weighted by molar-refractivity contribution is 0.475. The number of nitrogens with one attached hydrogen (secondary N) is 2. The van der Waals surface area contributed by atoms with Gasteiger partial charge in [0.2, 0.25) is 10.0 Å². The molecule has 2 N–H and O–H groups in total. The van der Waals surface area contributed by atoms with Crippen LogP contribution in [0.1, 0.15) is 17.2 Å². The van der Waals surface area contributed by atoms with Crippen LogP contribution in [-0.2, 0) is 16.4 Å². The molecule has 1 atom stereocenters. The first-order valence-corrected chi connectivity index (χ1v) is 8.72. The minimum absolute atomic E-state index is 0. The second-order valence-electron chi connectivity index (χ2n) is 5.36. The number of benzene rings is 2. The third-order valence-corrected chi connectivity index (χ3v) is 5.34. The van der Waals surface area contributed by atoms with E-state index >= 15 is 0 Å². The van der Waals surface area contributed by atoms with Crippen LogP contribution in [0.5, 0.6) is 0 Å². The maximum atomic E-state index is 13.7. The first kappa shape index (κ1) is 18.8. The Bertz CT molecular complexity index is 831. The Morgan fingerprint density at radius 1 is 1.12 bits per heavy atom. The fourth-order valence-electron chi connectivity index (χ4n) is 2.74. The molecular formula is C16H17ClF2N2O2S. The lowest BCUT2D eigenvalue weighted by Gasteiger charge is -2.27. The van der Waals surface area contributed by atoms with E-state index in [0.29, 0.717) is 0 Å². The van der Waals surface area contributed by atoms with E-state index in [9.17, 15) is 17.2 Å². The maximum absolute atomic E-state index is 13.7. The summed E-state index contributed by atoms with van der Waals surface area (Å²) in [7, 11) is -4.12. The molecule has 0 spiro atoms. The zero-order chi connectivity index (χ0) is 16.4. The Morgan fingerprint density at radius 2 is 1.88 bits per heavy atom. The monoisotopic (exact) mass is 374 g/mol. The van der Waals surface area contributed by atoms with E-state index < -0.39 is 26.6 Å². The number of halogens is 3. The third kappa shape index (κ3) is 3.75. The molecule has 1 aliphatic heterocycles. The van der Waals surface area contributed by atoms with Gasteiger partial charge in [-0.25, -0.2) is 21.9 Å². The molecule has 0 saturated heterocycles. The topological polar surface area (TPSA) is 58.2 Å². The first-order chi connectivity index (χ1) is 11.0. The zero-order valence-electron chi connectivity index (χ0n) is 12.6.